The van der Waals surface area contributed by atoms with E-state index in [9.17, 15) is 9.59 Å². The van der Waals surface area contributed by atoms with E-state index in [0.29, 0.717) is 12.8 Å². The number of rotatable bonds is 4. The standard InChI is InChI=1S/C11H14N2O2/c1-13(11(12)15)10-6-2-4-9(8-10)5-3-7-14/h2,4,6-8H,3,5H2,1H3,(H2,12,15). The molecule has 15 heavy (non-hydrogen) atoms. The highest BCUT2D eigenvalue weighted by atomic mass is 16.2. The summed E-state index contributed by atoms with van der Waals surface area (Å²) in [5.41, 5.74) is 6.91. The lowest BCUT2D eigenvalue weighted by Crippen LogP contribution is -2.31. The molecule has 0 unspecified atom stereocenters. The maximum atomic E-state index is 10.9. The van der Waals surface area contributed by atoms with E-state index in [0.717, 1.165) is 17.5 Å². The smallest absolute Gasteiger partial charge is 0.318 e. The monoisotopic (exact) mass is 206 g/mol. The SMILES string of the molecule is CN(C(N)=O)c1cccc(CCC=O)c1. The predicted octanol–water partition coefficient (Wildman–Crippen LogP) is 1.33. The molecule has 2 N–H and O–H groups in total. The topological polar surface area (TPSA) is 63.4 Å². The summed E-state index contributed by atoms with van der Waals surface area (Å²) < 4.78 is 0. The maximum Gasteiger partial charge on any atom is 0.318 e. The second kappa shape index (κ2) is 5.14. The molecular weight excluding hydrogens is 192 g/mol. The number of hydrogen-bond acceptors (Lipinski definition) is 2. The number of aldehydes is 1. The maximum absolute atomic E-state index is 10.9. The van der Waals surface area contributed by atoms with Crippen LogP contribution in [-0.2, 0) is 11.2 Å². The van der Waals surface area contributed by atoms with Crippen LogP contribution in [0.3, 0.4) is 0 Å². The third-order valence-electron chi connectivity index (χ3n) is 2.18. The largest absolute Gasteiger partial charge is 0.351 e. The van der Waals surface area contributed by atoms with Crippen molar-refractivity contribution in [2.24, 2.45) is 5.73 Å². The Morgan fingerprint density at radius 1 is 1.53 bits per heavy atom. The van der Waals surface area contributed by atoms with Gasteiger partial charge >= 0.3 is 6.03 Å². The first-order chi connectivity index (χ1) is 7.15. The first-order valence-electron chi connectivity index (χ1n) is 4.71. The summed E-state index contributed by atoms with van der Waals surface area (Å²) in [5.74, 6) is 0. The number of anilines is 1. The van der Waals surface area contributed by atoms with Crippen LogP contribution < -0.4 is 10.6 Å². The minimum atomic E-state index is -0.498. The molecule has 0 aliphatic rings. The zero-order chi connectivity index (χ0) is 11.3. The van der Waals surface area contributed by atoms with Crippen molar-refractivity contribution in [1.29, 1.82) is 0 Å². The minimum absolute atomic E-state index is 0.490. The Balaban J connectivity index is 2.82. The van der Waals surface area contributed by atoms with E-state index in [2.05, 4.69) is 0 Å². The summed E-state index contributed by atoms with van der Waals surface area (Å²) in [5, 5.41) is 0. The van der Waals surface area contributed by atoms with Gasteiger partial charge in [-0.05, 0) is 24.1 Å². The van der Waals surface area contributed by atoms with E-state index >= 15 is 0 Å². The van der Waals surface area contributed by atoms with Crippen LogP contribution in [0.2, 0.25) is 0 Å². The number of amides is 2. The molecule has 0 aliphatic heterocycles. The second-order valence-corrected chi connectivity index (χ2v) is 3.27. The van der Waals surface area contributed by atoms with Crippen LogP contribution in [-0.4, -0.2) is 19.4 Å². The Hall–Kier alpha value is -1.84. The van der Waals surface area contributed by atoms with Crippen molar-refractivity contribution in [1.82, 2.24) is 0 Å². The van der Waals surface area contributed by atoms with Gasteiger partial charge in [-0.2, -0.15) is 0 Å². The van der Waals surface area contributed by atoms with Gasteiger partial charge in [-0.3, -0.25) is 4.90 Å². The minimum Gasteiger partial charge on any atom is -0.351 e. The highest BCUT2D eigenvalue weighted by molar-refractivity contribution is 5.90. The van der Waals surface area contributed by atoms with Crippen molar-refractivity contribution < 1.29 is 9.59 Å². The number of carbonyl (C=O) groups is 2. The van der Waals surface area contributed by atoms with Crippen LogP contribution in [0.5, 0.6) is 0 Å². The molecule has 1 aromatic carbocycles. The van der Waals surface area contributed by atoms with E-state index in [1.54, 1.807) is 13.1 Å². The lowest BCUT2D eigenvalue weighted by molar-refractivity contribution is -0.107. The summed E-state index contributed by atoms with van der Waals surface area (Å²) in [6.45, 7) is 0. The lowest BCUT2D eigenvalue weighted by atomic mass is 10.1. The quantitative estimate of drug-likeness (QED) is 0.755. The number of hydrogen-bond donors (Lipinski definition) is 1. The highest BCUT2D eigenvalue weighted by Gasteiger charge is 2.06. The van der Waals surface area contributed by atoms with Gasteiger partial charge in [0.1, 0.15) is 6.29 Å². The molecule has 0 fully saturated rings. The van der Waals surface area contributed by atoms with Crippen LogP contribution in [0, 0.1) is 0 Å². The number of aryl methyl sites for hydroxylation is 1. The zero-order valence-corrected chi connectivity index (χ0v) is 8.64. The van der Waals surface area contributed by atoms with Crippen LogP contribution in [0.15, 0.2) is 24.3 Å². The molecule has 0 saturated carbocycles. The number of benzene rings is 1. The molecule has 1 rings (SSSR count). The van der Waals surface area contributed by atoms with Gasteiger partial charge in [-0.1, -0.05) is 12.1 Å². The normalized spacial score (nSPS) is 9.67. The fraction of sp³-hybridized carbons (Fsp3) is 0.273. The van der Waals surface area contributed by atoms with Crippen LogP contribution in [0.1, 0.15) is 12.0 Å². The van der Waals surface area contributed by atoms with Gasteiger partial charge in [0.2, 0.25) is 0 Å². The fourth-order valence-corrected chi connectivity index (χ4v) is 1.27. The molecule has 0 radical (unpaired) electrons. The molecule has 0 saturated heterocycles. The molecule has 0 bridgehead atoms. The molecule has 0 spiro atoms. The van der Waals surface area contributed by atoms with Crippen molar-refractivity contribution in [3.63, 3.8) is 0 Å². The van der Waals surface area contributed by atoms with E-state index in [4.69, 9.17) is 5.73 Å². The molecule has 0 aliphatic carbocycles. The average molecular weight is 206 g/mol. The number of carbonyl (C=O) groups excluding carboxylic acids is 2. The van der Waals surface area contributed by atoms with Crippen molar-refractivity contribution >= 4 is 18.0 Å². The summed E-state index contributed by atoms with van der Waals surface area (Å²) in [6.07, 6.45) is 2.05. The van der Waals surface area contributed by atoms with E-state index in [1.807, 2.05) is 18.2 Å². The molecule has 4 heteroatoms. The highest BCUT2D eigenvalue weighted by Crippen LogP contribution is 2.15. The summed E-state index contributed by atoms with van der Waals surface area (Å²) in [7, 11) is 1.61. The Morgan fingerprint density at radius 2 is 2.27 bits per heavy atom. The second-order valence-electron chi connectivity index (χ2n) is 3.27. The molecule has 2 amide bonds. The van der Waals surface area contributed by atoms with Crippen LogP contribution >= 0.6 is 0 Å². The van der Waals surface area contributed by atoms with Crippen LogP contribution in [0.4, 0.5) is 10.5 Å². The first kappa shape index (κ1) is 11.2. The fourth-order valence-electron chi connectivity index (χ4n) is 1.27. The third kappa shape index (κ3) is 3.09. The van der Waals surface area contributed by atoms with E-state index in [1.165, 1.54) is 4.90 Å². The molecule has 80 valence electrons. The molecule has 0 aromatic heterocycles. The van der Waals surface area contributed by atoms with Gasteiger partial charge in [-0.15, -0.1) is 0 Å². The van der Waals surface area contributed by atoms with Crippen molar-refractivity contribution in [3.8, 4) is 0 Å². The summed E-state index contributed by atoms with van der Waals surface area (Å²) in [6, 6.07) is 6.92. The molecule has 1 aromatic rings. The van der Waals surface area contributed by atoms with Gasteiger partial charge in [0.25, 0.3) is 0 Å². The molecule has 0 heterocycles. The number of nitrogens with two attached hydrogens (primary N) is 1. The van der Waals surface area contributed by atoms with Crippen molar-refractivity contribution in [2.45, 2.75) is 12.8 Å². The third-order valence-corrected chi connectivity index (χ3v) is 2.18. The average Bonchev–Trinajstić information content (AvgIpc) is 2.25. The number of primary amides is 1. The summed E-state index contributed by atoms with van der Waals surface area (Å²) >= 11 is 0. The Kier molecular flexibility index (Phi) is 3.85. The lowest BCUT2D eigenvalue weighted by Gasteiger charge is -2.14. The van der Waals surface area contributed by atoms with Crippen molar-refractivity contribution in [3.05, 3.63) is 29.8 Å². The predicted molar refractivity (Wildman–Crippen MR) is 58.8 cm³/mol. The Morgan fingerprint density at radius 3 is 2.87 bits per heavy atom. The zero-order valence-electron chi connectivity index (χ0n) is 8.64. The van der Waals surface area contributed by atoms with Crippen LogP contribution in [0.25, 0.3) is 0 Å². The number of nitrogens with zero attached hydrogens (tertiary/aromatic N) is 1. The van der Waals surface area contributed by atoms with Gasteiger partial charge in [0.15, 0.2) is 0 Å². The first-order valence-corrected chi connectivity index (χ1v) is 4.71. The summed E-state index contributed by atoms with van der Waals surface area (Å²) in [4.78, 5) is 22.5. The van der Waals surface area contributed by atoms with E-state index in [-0.39, 0.29) is 0 Å². The molecule has 0 atom stereocenters. The molecule has 4 nitrogen and oxygen atoms in total. The number of urea groups is 1. The Labute approximate surface area is 88.7 Å². The Bertz CT molecular complexity index is 363. The molecular formula is C11H14N2O2. The van der Waals surface area contributed by atoms with Gasteiger partial charge < -0.3 is 10.5 Å². The van der Waals surface area contributed by atoms with E-state index < -0.39 is 6.03 Å². The van der Waals surface area contributed by atoms with Gasteiger partial charge in [0, 0.05) is 19.2 Å². The van der Waals surface area contributed by atoms with Gasteiger partial charge in [-0.25, -0.2) is 4.79 Å². The van der Waals surface area contributed by atoms with Gasteiger partial charge in [0.05, 0.1) is 0 Å². The van der Waals surface area contributed by atoms with Crippen molar-refractivity contribution in [2.75, 3.05) is 11.9 Å².